The van der Waals surface area contributed by atoms with E-state index in [1.54, 1.807) is 0 Å². The Labute approximate surface area is 163 Å². The lowest BCUT2D eigenvalue weighted by Crippen LogP contribution is -2.38. The molecule has 1 aromatic carbocycles. The number of nitrogens with zero attached hydrogens (tertiary/aromatic N) is 1. The van der Waals surface area contributed by atoms with E-state index in [9.17, 15) is 0 Å². The van der Waals surface area contributed by atoms with Crippen molar-refractivity contribution in [1.82, 2.24) is 10.6 Å². The summed E-state index contributed by atoms with van der Waals surface area (Å²) in [5.41, 5.74) is 2.95. The third-order valence-electron chi connectivity index (χ3n) is 3.98. The summed E-state index contributed by atoms with van der Waals surface area (Å²) < 4.78 is 5.60. The number of hydrogen-bond acceptors (Lipinski definition) is 2. The number of aliphatic imine (C=N–C) groups is 1. The molecule has 0 radical (unpaired) electrons. The molecule has 1 aromatic rings. The van der Waals surface area contributed by atoms with Gasteiger partial charge in [0.2, 0.25) is 0 Å². The lowest BCUT2D eigenvalue weighted by atomic mass is 9.78. The molecular formula is C19H32IN3O. The SMILES string of the molecule is CCNC(=NCC1Cc2ccccc21)NCCCOCC(C)C.I. The molecule has 1 unspecified atom stereocenters. The molecular weight excluding hydrogens is 413 g/mol. The minimum Gasteiger partial charge on any atom is -0.381 e. The van der Waals surface area contributed by atoms with Gasteiger partial charge >= 0.3 is 0 Å². The number of halogens is 1. The summed E-state index contributed by atoms with van der Waals surface area (Å²) in [6.07, 6.45) is 2.16. The first-order valence-corrected chi connectivity index (χ1v) is 8.88. The van der Waals surface area contributed by atoms with E-state index in [2.05, 4.69) is 55.7 Å². The van der Waals surface area contributed by atoms with Gasteiger partial charge in [-0.2, -0.15) is 0 Å². The molecule has 0 bridgehead atoms. The maximum atomic E-state index is 5.60. The third-order valence-corrected chi connectivity index (χ3v) is 3.98. The fourth-order valence-corrected chi connectivity index (χ4v) is 2.77. The van der Waals surface area contributed by atoms with Crippen LogP contribution in [0.2, 0.25) is 0 Å². The van der Waals surface area contributed by atoms with Crippen LogP contribution in [0.25, 0.3) is 0 Å². The van der Waals surface area contributed by atoms with Gasteiger partial charge in [-0.1, -0.05) is 38.1 Å². The van der Waals surface area contributed by atoms with Gasteiger partial charge in [-0.25, -0.2) is 0 Å². The highest BCUT2D eigenvalue weighted by Gasteiger charge is 2.24. The minimum atomic E-state index is 0. The highest BCUT2D eigenvalue weighted by Crippen LogP contribution is 2.34. The third kappa shape index (κ3) is 6.97. The molecule has 2 rings (SSSR count). The molecule has 1 aliphatic carbocycles. The van der Waals surface area contributed by atoms with E-state index in [4.69, 9.17) is 9.73 Å². The number of ether oxygens (including phenoxy) is 1. The quantitative estimate of drug-likeness (QED) is 0.265. The topological polar surface area (TPSA) is 45.7 Å². The van der Waals surface area contributed by atoms with Crippen LogP contribution >= 0.6 is 24.0 Å². The predicted molar refractivity (Wildman–Crippen MR) is 113 cm³/mol. The molecule has 0 amide bonds. The normalized spacial score (nSPS) is 16.2. The molecule has 5 heteroatoms. The Kier molecular flexibility index (Phi) is 10.3. The highest BCUT2D eigenvalue weighted by atomic mass is 127. The van der Waals surface area contributed by atoms with E-state index < -0.39 is 0 Å². The summed E-state index contributed by atoms with van der Waals surface area (Å²) in [7, 11) is 0. The van der Waals surface area contributed by atoms with Gasteiger partial charge in [0.25, 0.3) is 0 Å². The fourth-order valence-electron chi connectivity index (χ4n) is 2.77. The molecule has 0 aliphatic heterocycles. The highest BCUT2D eigenvalue weighted by molar-refractivity contribution is 14.0. The Balaban J connectivity index is 0.00000288. The van der Waals surface area contributed by atoms with Gasteiger partial charge in [0.15, 0.2) is 5.96 Å². The summed E-state index contributed by atoms with van der Waals surface area (Å²) in [4.78, 5) is 4.73. The number of benzene rings is 1. The Morgan fingerprint density at radius 3 is 2.79 bits per heavy atom. The van der Waals surface area contributed by atoms with Crippen molar-refractivity contribution in [2.75, 3.05) is 32.8 Å². The van der Waals surface area contributed by atoms with Crippen LogP contribution in [-0.2, 0) is 11.2 Å². The first kappa shape index (κ1) is 21.2. The van der Waals surface area contributed by atoms with Crippen LogP contribution in [-0.4, -0.2) is 38.8 Å². The monoisotopic (exact) mass is 445 g/mol. The van der Waals surface area contributed by atoms with Crippen molar-refractivity contribution in [3.63, 3.8) is 0 Å². The van der Waals surface area contributed by atoms with Crippen LogP contribution in [0, 0.1) is 5.92 Å². The zero-order chi connectivity index (χ0) is 16.5. The molecule has 0 aromatic heterocycles. The van der Waals surface area contributed by atoms with Gasteiger partial charge in [0, 0.05) is 38.8 Å². The Morgan fingerprint density at radius 1 is 1.29 bits per heavy atom. The van der Waals surface area contributed by atoms with Crippen LogP contribution < -0.4 is 10.6 Å². The smallest absolute Gasteiger partial charge is 0.191 e. The number of hydrogen-bond donors (Lipinski definition) is 2. The largest absolute Gasteiger partial charge is 0.381 e. The fraction of sp³-hybridized carbons (Fsp3) is 0.632. The first-order valence-electron chi connectivity index (χ1n) is 8.88. The van der Waals surface area contributed by atoms with Crippen molar-refractivity contribution in [1.29, 1.82) is 0 Å². The van der Waals surface area contributed by atoms with Crippen molar-refractivity contribution in [2.24, 2.45) is 10.9 Å². The van der Waals surface area contributed by atoms with Crippen LogP contribution in [0.4, 0.5) is 0 Å². The zero-order valence-corrected chi connectivity index (χ0v) is 17.5. The van der Waals surface area contributed by atoms with Crippen LogP contribution in [0.5, 0.6) is 0 Å². The van der Waals surface area contributed by atoms with Crippen molar-refractivity contribution in [3.8, 4) is 0 Å². The van der Waals surface area contributed by atoms with Crippen molar-refractivity contribution < 1.29 is 4.74 Å². The summed E-state index contributed by atoms with van der Waals surface area (Å²) in [6, 6.07) is 8.68. The number of fused-ring (bicyclic) bond motifs is 1. The van der Waals surface area contributed by atoms with Crippen LogP contribution in [0.15, 0.2) is 29.3 Å². The average molecular weight is 445 g/mol. The van der Waals surface area contributed by atoms with Crippen LogP contribution in [0.1, 0.15) is 44.2 Å². The van der Waals surface area contributed by atoms with Gasteiger partial charge in [-0.15, -0.1) is 24.0 Å². The maximum absolute atomic E-state index is 5.60. The molecule has 0 saturated carbocycles. The molecule has 136 valence electrons. The average Bonchev–Trinajstić information content (AvgIpc) is 2.51. The predicted octanol–water partition coefficient (Wildman–Crippen LogP) is 3.56. The van der Waals surface area contributed by atoms with Crippen molar-refractivity contribution in [3.05, 3.63) is 35.4 Å². The van der Waals surface area contributed by atoms with Gasteiger partial charge in [0.05, 0.1) is 0 Å². The van der Waals surface area contributed by atoms with E-state index in [0.717, 1.165) is 51.6 Å². The Morgan fingerprint density at radius 2 is 2.08 bits per heavy atom. The summed E-state index contributed by atoms with van der Waals surface area (Å²) in [6.45, 7) is 10.7. The van der Waals surface area contributed by atoms with E-state index in [1.165, 1.54) is 11.1 Å². The van der Waals surface area contributed by atoms with E-state index in [-0.39, 0.29) is 24.0 Å². The summed E-state index contributed by atoms with van der Waals surface area (Å²) >= 11 is 0. The Hall–Kier alpha value is -0.820. The van der Waals surface area contributed by atoms with Crippen LogP contribution in [0.3, 0.4) is 0 Å². The van der Waals surface area contributed by atoms with Gasteiger partial charge < -0.3 is 15.4 Å². The minimum absolute atomic E-state index is 0. The second-order valence-corrected chi connectivity index (χ2v) is 6.57. The zero-order valence-electron chi connectivity index (χ0n) is 15.2. The van der Waals surface area contributed by atoms with E-state index in [1.807, 2.05) is 0 Å². The molecule has 0 fully saturated rings. The van der Waals surface area contributed by atoms with E-state index >= 15 is 0 Å². The Bertz CT molecular complexity index is 505. The van der Waals surface area contributed by atoms with Gasteiger partial charge in [0.1, 0.15) is 0 Å². The van der Waals surface area contributed by atoms with Gasteiger partial charge in [-0.05, 0) is 36.8 Å². The molecule has 1 aliphatic rings. The number of rotatable bonds is 9. The molecule has 0 spiro atoms. The first-order chi connectivity index (χ1) is 11.2. The molecule has 0 heterocycles. The van der Waals surface area contributed by atoms with Crippen molar-refractivity contribution in [2.45, 2.75) is 39.5 Å². The standard InChI is InChI=1S/C19H31N3O.HI/c1-4-20-19(21-10-7-11-23-14-15(2)3)22-13-17-12-16-8-5-6-9-18(16)17;/h5-6,8-9,15,17H,4,7,10-14H2,1-3H3,(H2,20,21,22);1H. The second-order valence-electron chi connectivity index (χ2n) is 6.57. The maximum Gasteiger partial charge on any atom is 0.191 e. The molecule has 2 N–H and O–H groups in total. The number of guanidine groups is 1. The molecule has 4 nitrogen and oxygen atoms in total. The van der Waals surface area contributed by atoms with E-state index in [0.29, 0.717) is 11.8 Å². The number of nitrogens with one attached hydrogen (secondary N) is 2. The van der Waals surface area contributed by atoms with Gasteiger partial charge in [-0.3, -0.25) is 4.99 Å². The lowest BCUT2D eigenvalue weighted by Gasteiger charge is -2.28. The second kappa shape index (κ2) is 11.7. The summed E-state index contributed by atoms with van der Waals surface area (Å²) in [5.74, 6) is 2.10. The molecule has 1 atom stereocenters. The molecule has 24 heavy (non-hydrogen) atoms. The lowest BCUT2D eigenvalue weighted by molar-refractivity contribution is 0.108. The molecule has 0 saturated heterocycles. The van der Waals surface area contributed by atoms with Crippen molar-refractivity contribution >= 4 is 29.9 Å². The summed E-state index contributed by atoms with van der Waals surface area (Å²) in [5, 5.41) is 6.71.